The molecule has 0 bridgehead atoms. The molecule has 3 aromatic carbocycles. The van der Waals surface area contributed by atoms with Crippen LogP contribution in [0.1, 0.15) is 61.4 Å². The summed E-state index contributed by atoms with van der Waals surface area (Å²) in [6.07, 6.45) is 3.79. The van der Waals surface area contributed by atoms with Crippen molar-refractivity contribution in [3.63, 3.8) is 0 Å². The van der Waals surface area contributed by atoms with E-state index in [-0.39, 0.29) is 28.5 Å². The molecule has 1 fully saturated rings. The summed E-state index contributed by atoms with van der Waals surface area (Å²) < 4.78 is 54.3. The lowest BCUT2D eigenvalue weighted by atomic mass is 9.79. The molecule has 178 valence electrons. The first-order valence-corrected chi connectivity index (χ1v) is 11.6. The molecule has 6 heteroatoms. The minimum absolute atomic E-state index is 0.0332. The molecule has 0 aromatic heterocycles. The van der Waals surface area contributed by atoms with Crippen LogP contribution in [0.3, 0.4) is 0 Å². The van der Waals surface area contributed by atoms with Crippen LogP contribution in [0.2, 0.25) is 0 Å². The fourth-order valence-electron chi connectivity index (χ4n) is 4.44. The minimum atomic E-state index is -0.870. The van der Waals surface area contributed by atoms with Crippen LogP contribution in [0.5, 0.6) is 11.5 Å². The lowest BCUT2D eigenvalue weighted by Crippen LogP contribution is -2.13. The fraction of sp³-hybridized carbons (Fsp3) is 0.321. The Labute approximate surface area is 197 Å². The lowest BCUT2D eigenvalue weighted by Gasteiger charge is -2.27. The van der Waals surface area contributed by atoms with Crippen molar-refractivity contribution in [2.75, 3.05) is 6.61 Å². The van der Waals surface area contributed by atoms with E-state index in [1.54, 1.807) is 31.2 Å². The molecule has 0 atom stereocenters. The molecule has 1 aliphatic carbocycles. The number of esters is 1. The quantitative estimate of drug-likeness (QED) is 0.275. The average Bonchev–Trinajstić information content (AvgIpc) is 2.83. The molecule has 1 saturated carbocycles. The van der Waals surface area contributed by atoms with Gasteiger partial charge in [-0.05, 0) is 73.1 Å². The standard InChI is InChI=1S/C28H27F3O3/c1-3-33-25-15-10-20(16-24(25)29)28(32)34-21-11-8-19(9-12-21)23-14-13-22(26(30)27(23)31)18-6-4-17(2)5-7-18/h8-18H,3-7H2,1-2H3. The molecule has 0 N–H and O–H groups in total. The Kier molecular flexibility index (Phi) is 7.25. The molecule has 0 heterocycles. The molecule has 3 nitrogen and oxygen atoms in total. The molecule has 4 rings (SSSR count). The van der Waals surface area contributed by atoms with E-state index in [1.807, 2.05) is 0 Å². The third-order valence-corrected chi connectivity index (χ3v) is 6.41. The van der Waals surface area contributed by atoms with E-state index in [1.165, 1.54) is 24.3 Å². The van der Waals surface area contributed by atoms with Gasteiger partial charge in [0.05, 0.1) is 12.2 Å². The molecule has 34 heavy (non-hydrogen) atoms. The van der Waals surface area contributed by atoms with Crippen LogP contribution in [0, 0.1) is 23.4 Å². The highest BCUT2D eigenvalue weighted by molar-refractivity contribution is 5.91. The van der Waals surface area contributed by atoms with Crippen LogP contribution >= 0.6 is 0 Å². The summed E-state index contributed by atoms with van der Waals surface area (Å²) in [4.78, 5) is 12.4. The first-order valence-electron chi connectivity index (χ1n) is 11.6. The lowest BCUT2D eigenvalue weighted by molar-refractivity contribution is 0.0734. The first kappa shape index (κ1) is 23.9. The third-order valence-electron chi connectivity index (χ3n) is 6.41. The summed E-state index contributed by atoms with van der Waals surface area (Å²) in [6, 6.07) is 13.2. The first-order chi connectivity index (χ1) is 16.4. The maximum atomic E-state index is 14.9. The molecule has 0 radical (unpaired) electrons. The summed E-state index contributed by atoms with van der Waals surface area (Å²) in [6.45, 7) is 4.23. The van der Waals surface area contributed by atoms with Crippen LogP contribution in [-0.4, -0.2) is 12.6 Å². The number of hydrogen-bond acceptors (Lipinski definition) is 3. The molecule has 0 spiro atoms. The van der Waals surface area contributed by atoms with Gasteiger partial charge in [-0.15, -0.1) is 0 Å². The number of benzene rings is 3. The van der Waals surface area contributed by atoms with Gasteiger partial charge in [-0.2, -0.15) is 0 Å². The van der Waals surface area contributed by atoms with Crippen molar-refractivity contribution in [3.05, 3.63) is 83.2 Å². The van der Waals surface area contributed by atoms with Crippen molar-refractivity contribution in [1.82, 2.24) is 0 Å². The van der Waals surface area contributed by atoms with Gasteiger partial charge in [0, 0.05) is 5.56 Å². The number of ether oxygens (including phenoxy) is 2. The fourth-order valence-corrected chi connectivity index (χ4v) is 4.44. The Balaban J connectivity index is 1.48. The summed E-state index contributed by atoms with van der Waals surface area (Å²) in [7, 11) is 0. The Bertz CT molecular complexity index is 1170. The van der Waals surface area contributed by atoms with E-state index in [4.69, 9.17) is 9.47 Å². The van der Waals surface area contributed by atoms with Crippen molar-refractivity contribution in [3.8, 4) is 22.6 Å². The van der Waals surface area contributed by atoms with Crippen molar-refractivity contribution < 1.29 is 27.4 Å². The molecule has 0 amide bonds. The van der Waals surface area contributed by atoms with Crippen LogP contribution in [-0.2, 0) is 0 Å². The van der Waals surface area contributed by atoms with Gasteiger partial charge in [0.25, 0.3) is 0 Å². The smallest absolute Gasteiger partial charge is 0.343 e. The second-order valence-corrected chi connectivity index (χ2v) is 8.78. The topological polar surface area (TPSA) is 35.5 Å². The number of carbonyl (C=O) groups excluding carboxylic acids is 1. The van der Waals surface area contributed by atoms with Gasteiger partial charge in [-0.1, -0.05) is 44.0 Å². The highest BCUT2D eigenvalue weighted by Gasteiger charge is 2.25. The molecule has 0 unspecified atom stereocenters. The number of rotatable bonds is 6. The molecule has 0 saturated heterocycles. The Morgan fingerprint density at radius 2 is 1.62 bits per heavy atom. The third kappa shape index (κ3) is 5.11. The van der Waals surface area contributed by atoms with E-state index in [2.05, 4.69) is 6.92 Å². The van der Waals surface area contributed by atoms with Gasteiger partial charge in [0.15, 0.2) is 23.2 Å². The molecule has 3 aromatic rings. The summed E-state index contributed by atoms with van der Waals surface area (Å²) in [5.74, 6) is -2.11. The van der Waals surface area contributed by atoms with Crippen molar-refractivity contribution in [1.29, 1.82) is 0 Å². The van der Waals surface area contributed by atoms with E-state index in [0.717, 1.165) is 31.7 Å². The van der Waals surface area contributed by atoms with Gasteiger partial charge in [-0.3, -0.25) is 0 Å². The Morgan fingerprint density at radius 3 is 2.26 bits per heavy atom. The van der Waals surface area contributed by atoms with Gasteiger partial charge >= 0.3 is 5.97 Å². The average molecular weight is 469 g/mol. The van der Waals surface area contributed by atoms with Crippen LogP contribution < -0.4 is 9.47 Å². The maximum absolute atomic E-state index is 14.9. The molecule has 0 aliphatic heterocycles. The monoisotopic (exact) mass is 468 g/mol. The number of hydrogen-bond donors (Lipinski definition) is 0. The summed E-state index contributed by atoms with van der Waals surface area (Å²) in [5, 5.41) is 0. The van der Waals surface area contributed by atoms with Crippen LogP contribution in [0.4, 0.5) is 13.2 Å². The molecular formula is C28H27F3O3. The van der Waals surface area contributed by atoms with E-state index >= 15 is 0 Å². The normalized spacial score (nSPS) is 17.9. The van der Waals surface area contributed by atoms with Crippen LogP contribution in [0.25, 0.3) is 11.1 Å². The highest BCUT2D eigenvalue weighted by Crippen LogP contribution is 2.38. The number of carbonyl (C=O) groups is 1. The van der Waals surface area contributed by atoms with Crippen molar-refractivity contribution >= 4 is 5.97 Å². The zero-order chi connectivity index (χ0) is 24.2. The van der Waals surface area contributed by atoms with Crippen LogP contribution in [0.15, 0.2) is 54.6 Å². The number of halogens is 3. The zero-order valence-electron chi connectivity index (χ0n) is 19.2. The van der Waals surface area contributed by atoms with Crippen molar-refractivity contribution in [2.45, 2.75) is 45.4 Å². The summed E-state index contributed by atoms with van der Waals surface area (Å²) in [5.41, 5.74) is 1.09. The highest BCUT2D eigenvalue weighted by atomic mass is 19.2. The Morgan fingerprint density at radius 1 is 0.912 bits per heavy atom. The largest absolute Gasteiger partial charge is 0.491 e. The van der Waals surface area contributed by atoms with Gasteiger partial charge in [0.2, 0.25) is 0 Å². The minimum Gasteiger partial charge on any atom is -0.491 e. The second kappa shape index (κ2) is 10.3. The van der Waals surface area contributed by atoms with Gasteiger partial charge in [-0.25, -0.2) is 18.0 Å². The molecule has 1 aliphatic rings. The molecular weight excluding hydrogens is 441 g/mol. The van der Waals surface area contributed by atoms with E-state index in [0.29, 0.717) is 23.7 Å². The Hall–Kier alpha value is -3.28. The SMILES string of the molecule is CCOc1ccc(C(=O)Oc2ccc(-c3ccc(C4CCC(C)CC4)c(F)c3F)cc2)cc1F. The van der Waals surface area contributed by atoms with Gasteiger partial charge < -0.3 is 9.47 Å². The second-order valence-electron chi connectivity index (χ2n) is 8.78. The van der Waals surface area contributed by atoms with E-state index < -0.39 is 23.4 Å². The van der Waals surface area contributed by atoms with Gasteiger partial charge in [0.1, 0.15) is 5.75 Å². The predicted octanol–water partition coefficient (Wildman–Crippen LogP) is 7.68. The predicted molar refractivity (Wildman–Crippen MR) is 125 cm³/mol. The van der Waals surface area contributed by atoms with E-state index in [9.17, 15) is 18.0 Å². The van der Waals surface area contributed by atoms with Crippen molar-refractivity contribution in [2.24, 2.45) is 5.92 Å². The summed E-state index contributed by atoms with van der Waals surface area (Å²) >= 11 is 0. The maximum Gasteiger partial charge on any atom is 0.343 e. The zero-order valence-corrected chi connectivity index (χ0v) is 19.2.